The highest BCUT2D eigenvalue weighted by Crippen LogP contribution is 2.33. The summed E-state index contributed by atoms with van der Waals surface area (Å²) in [4.78, 5) is 0. The first-order valence-corrected chi connectivity index (χ1v) is 6.42. The van der Waals surface area contributed by atoms with E-state index in [1.807, 2.05) is 0 Å². The van der Waals surface area contributed by atoms with Gasteiger partial charge in [-0.15, -0.1) is 0 Å². The van der Waals surface area contributed by atoms with E-state index in [2.05, 4.69) is 37.3 Å². The van der Waals surface area contributed by atoms with Crippen molar-refractivity contribution in [1.82, 2.24) is 0 Å². The first-order valence-electron chi connectivity index (χ1n) is 6.42. The Bertz CT molecular complexity index is 513. The molecule has 0 aliphatic heterocycles. The molecule has 0 spiro atoms. The van der Waals surface area contributed by atoms with Gasteiger partial charge < -0.3 is 0 Å². The molecule has 82 valence electrons. The lowest BCUT2D eigenvalue weighted by Gasteiger charge is -2.08. The maximum Gasteiger partial charge on any atom is -0.0117 e. The Morgan fingerprint density at radius 3 is 2.62 bits per heavy atom. The average Bonchev–Trinajstić information content (AvgIpc) is 2.74. The van der Waals surface area contributed by atoms with Crippen molar-refractivity contribution in [3.05, 3.63) is 47.0 Å². The summed E-state index contributed by atoms with van der Waals surface area (Å²) in [6.07, 6.45) is 6.30. The number of benzene rings is 2. The minimum atomic E-state index is 1.23. The van der Waals surface area contributed by atoms with Crippen LogP contribution in [0, 0.1) is 0 Å². The lowest BCUT2D eigenvalue weighted by molar-refractivity contribution is 0.799. The number of hydrogen-bond acceptors (Lipinski definition) is 0. The molecule has 16 heavy (non-hydrogen) atoms. The van der Waals surface area contributed by atoms with Crippen LogP contribution in [-0.4, -0.2) is 0 Å². The highest BCUT2D eigenvalue weighted by molar-refractivity contribution is 5.93. The predicted molar refractivity (Wildman–Crippen MR) is 70.0 cm³/mol. The lowest BCUT2D eigenvalue weighted by atomic mass is 9.97. The van der Waals surface area contributed by atoms with Gasteiger partial charge in [-0.25, -0.2) is 0 Å². The van der Waals surface area contributed by atoms with Crippen LogP contribution in [0.15, 0.2) is 30.3 Å². The van der Waals surface area contributed by atoms with E-state index in [9.17, 15) is 0 Å². The molecule has 1 aliphatic rings. The molecule has 0 N–H and O–H groups in total. The summed E-state index contributed by atoms with van der Waals surface area (Å²) in [5.41, 5.74) is 4.67. The minimum absolute atomic E-state index is 1.23. The number of unbranched alkanes of at least 4 members (excludes halogenated alkanes) is 1. The summed E-state index contributed by atoms with van der Waals surface area (Å²) in [7, 11) is 0. The fourth-order valence-electron chi connectivity index (χ4n) is 2.89. The zero-order valence-corrected chi connectivity index (χ0v) is 9.92. The van der Waals surface area contributed by atoms with Crippen LogP contribution < -0.4 is 0 Å². The summed E-state index contributed by atoms with van der Waals surface area (Å²) >= 11 is 0. The van der Waals surface area contributed by atoms with Gasteiger partial charge in [0.25, 0.3) is 0 Å². The van der Waals surface area contributed by atoms with Crippen molar-refractivity contribution in [2.24, 2.45) is 0 Å². The second kappa shape index (κ2) is 3.93. The van der Waals surface area contributed by atoms with Gasteiger partial charge in [-0.05, 0) is 53.1 Å². The molecule has 0 nitrogen and oxygen atoms in total. The summed E-state index contributed by atoms with van der Waals surface area (Å²) in [5.74, 6) is 0. The smallest absolute Gasteiger partial charge is 0.0117 e. The predicted octanol–water partition coefficient (Wildman–Crippen LogP) is 4.28. The Hall–Kier alpha value is -1.30. The Balaban J connectivity index is 2.18. The van der Waals surface area contributed by atoms with Gasteiger partial charge in [0.1, 0.15) is 0 Å². The van der Waals surface area contributed by atoms with E-state index in [-0.39, 0.29) is 0 Å². The lowest BCUT2D eigenvalue weighted by Crippen LogP contribution is -1.89. The van der Waals surface area contributed by atoms with Crippen LogP contribution in [0.25, 0.3) is 10.8 Å². The van der Waals surface area contributed by atoms with Crippen molar-refractivity contribution >= 4 is 10.8 Å². The van der Waals surface area contributed by atoms with Crippen molar-refractivity contribution in [1.29, 1.82) is 0 Å². The normalized spacial score (nSPS) is 13.6. The quantitative estimate of drug-likeness (QED) is 0.709. The van der Waals surface area contributed by atoms with Gasteiger partial charge in [0.15, 0.2) is 0 Å². The molecule has 3 rings (SSSR count). The van der Waals surface area contributed by atoms with Crippen LogP contribution in [0.4, 0.5) is 0 Å². The van der Waals surface area contributed by atoms with E-state index < -0.39 is 0 Å². The Morgan fingerprint density at radius 1 is 1.00 bits per heavy atom. The minimum Gasteiger partial charge on any atom is -0.0654 e. The maximum atomic E-state index is 2.35. The molecule has 0 unspecified atom stereocenters. The number of rotatable bonds is 3. The Morgan fingerprint density at radius 2 is 1.81 bits per heavy atom. The van der Waals surface area contributed by atoms with Crippen LogP contribution in [0.1, 0.15) is 36.5 Å². The summed E-state index contributed by atoms with van der Waals surface area (Å²) in [5, 5.41) is 3.08. The van der Waals surface area contributed by atoms with Crippen molar-refractivity contribution in [2.45, 2.75) is 39.0 Å². The van der Waals surface area contributed by atoms with Crippen LogP contribution >= 0.6 is 0 Å². The van der Waals surface area contributed by atoms with Crippen molar-refractivity contribution in [2.75, 3.05) is 0 Å². The van der Waals surface area contributed by atoms with Crippen molar-refractivity contribution in [3.63, 3.8) is 0 Å². The van der Waals surface area contributed by atoms with E-state index in [1.165, 1.54) is 37.5 Å². The molecule has 1 aliphatic carbocycles. The summed E-state index contributed by atoms with van der Waals surface area (Å²) in [6.45, 7) is 2.26. The van der Waals surface area contributed by atoms with Gasteiger partial charge in [0, 0.05) is 0 Å². The second-order valence-corrected chi connectivity index (χ2v) is 4.83. The first-order chi connectivity index (χ1) is 7.90. The molecule has 0 heterocycles. The molecule has 0 fully saturated rings. The summed E-state index contributed by atoms with van der Waals surface area (Å²) in [6, 6.07) is 11.5. The van der Waals surface area contributed by atoms with Crippen LogP contribution in [-0.2, 0) is 19.3 Å². The first kappa shape index (κ1) is 9.89. The molecule has 0 bridgehead atoms. The van der Waals surface area contributed by atoms with Crippen molar-refractivity contribution < 1.29 is 0 Å². The van der Waals surface area contributed by atoms with E-state index in [0.717, 1.165) is 0 Å². The van der Waals surface area contributed by atoms with E-state index in [0.29, 0.717) is 0 Å². The van der Waals surface area contributed by atoms with Crippen LogP contribution in [0.3, 0.4) is 0 Å². The number of aryl methyl sites for hydroxylation is 3. The molecule has 0 aromatic heterocycles. The fourth-order valence-corrected chi connectivity index (χ4v) is 2.89. The zero-order valence-electron chi connectivity index (χ0n) is 9.92. The molecular weight excluding hydrogens is 192 g/mol. The zero-order chi connectivity index (χ0) is 11.0. The molecule has 0 atom stereocenters. The standard InChI is InChI=1S/C16H18/c1-2-3-5-12-8-9-14-11-10-13-6-4-7-15(12)16(13)14/h4,6-9H,2-3,5,10-11H2,1H3. The van der Waals surface area contributed by atoms with Gasteiger partial charge in [0.2, 0.25) is 0 Å². The largest absolute Gasteiger partial charge is 0.0654 e. The van der Waals surface area contributed by atoms with E-state index in [1.54, 1.807) is 22.1 Å². The molecule has 0 saturated heterocycles. The molecule has 0 amide bonds. The maximum absolute atomic E-state index is 2.35. The van der Waals surface area contributed by atoms with E-state index in [4.69, 9.17) is 0 Å². The van der Waals surface area contributed by atoms with E-state index >= 15 is 0 Å². The van der Waals surface area contributed by atoms with Crippen molar-refractivity contribution in [3.8, 4) is 0 Å². The second-order valence-electron chi connectivity index (χ2n) is 4.83. The summed E-state index contributed by atoms with van der Waals surface area (Å²) < 4.78 is 0. The molecular formula is C16H18. The average molecular weight is 210 g/mol. The monoisotopic (exact) mass is 210 g/mol. The Labute approximate surface area is 97.3 Å². The van der Waals surface area contributed by atoms with Gasteiger partial charge in [0.05, 0.1) is 0 Å². The van der Waals surface area contributed by atoms with Crippen LogP contribution in [0.5, 0.6) is 0 Å². The number of hydrogen-bond donors (Lipinski definition) is 0. The third-order valence-electron chi connectivity index (χ3n) is 3.77. The molecule has 2 aromatic rings. The Kier molecular flexibility index (Phi) is 2.43. The van der Waals surface area contributed by atoms with Crippen LogP contribution in [0.2, 0.25) is 0 Å². The fraction of sp³-hybridized carbons (Fsp3) is 0.375. The molecule has 2 aromatic carbocycles. The highest BCUT2D eigenvalue weighted by atomic mass is 14.2. The molecule has 0 radical (unpaired) electrons. The molecule has 0 heteroatoms. The van der Waals surface area contributed by atoms with Gasteiger partial charge in [-0.1, -0.05) is 43.7 Å². The van der Waals surface area contributed by atoms with Gasteiger partial charge >= 0.3 is 0 Å². The topological polar surface area (TPSA) is 0 Å². The SMILES string of the molecule is CCCCc1ccc2c3c(cccc13)CC2. The third-order valence-corrected chi connectivity index (χ3v) is 3.77. The van der Waals surface area contributed by atoms with Gasteiger partial charge in [-0.2, -0.15) is 0 Å². The molecule has 0 saturated carbocycles. The third kappa shape index (κ3) is 1.44. The highest BCUT2D eigenvalue weighted by Gasteiger charge is 2.15. The van der Waals surface area contributed by atoms with Gasteiger partial charge in [-0.3, -0.25) is 0 Å².